The Hall–Kier alpha value is -0.770. The largest absolute Gasteiger partial charge is 0.370 e. The molecule has 2 N–H and O–H groups in total. The Morgan fingerprint density at radius 1 is 1.32 bits per heavy atom. The molecule has 0 aromatic rings. The second kappa shape index (κ2) is 7.13. The van der Waals surface area contributed by atoms with Gasteiger partial charge >= 0.3 is 0 Å². The van der Waals surface area contributed by atoms with Crippen LogP contribution in [0, 0.1) is 5.92 Å². The highest BCUT2D eigenvalue weighted by atomic mass is 15.3. The quantitative estimate of drug-likeness (QED) is 0.614. The van der Waals surface area contributed by atoms with Crippen molar-refractivity contribution in [3.05, 3.63) is 0 Å². The molecule has 0 amide bonds. The number of likely N-dealkylation sites (N-methyl/N-ethyl adjacent to an activating group) is 1. The predicted octanol–water partition coefficient (Wildman–Crippen LogP) is 2.15. The van der Waals surface area contributed by atoms with Crippen LogP contribution >= 0.6 is 0 Å². The Morgan fingerprint density at radius 2 is 1.95 bits per heavy atom. The maximum absolute atomic E-state index is 6.11. The normalized spacial score (nSPS) is 28.7. The van der Waals surface area contributed by atoms with Crippen LogP contribution in [0.1, 0.15) is 46.5 Å². The van der Waals surface area contributed by atoms with Crippen LogP contribution in [0.3, 0.4) is 0 Å². The van der Waals surface area contributed by atoms with Gasteiger partial charge in [0, 0.05) is 18.6 Å². The average Bonchev–Trinajstić information content (AvgIpc) is 2.37. The lowest BCUT2D eigenvalue weighted by molar-refractivity contribution is 0.0843. The minimum absolute atomic E-state index is 0.204. The van der Waals surface area contributed by atoms with E-state index in [9.17, 15) is 0 Å². The monoisotopic (exact) mass is 268 g/mol. The molecule has 19 heavy (non-hydrogen) atoms. The smallest absolute Gasteiger partial charge is 0.191 e. The van der Waals surface area contributed by atoms with Gasteiger partial charge in [0.1, 0.15) is 0 Å². The van der Waals surface area contributed by atoms with Gasteiger partial charge in [0.15, 0.2) is 5.96 Å². The van der Waals surface area contributed by atoms with E-state index in [1.807, 2.05) is 0 Å². The molecule has 0 radical (unpaired) electrons. The first-order valence-electron chi connectivity index (χ1n) is 7.67. The molecule has 2 unspecified atom stereocenters. The second-order valence-electron chi connectivity index (χ2n) is 6.17. The highest BCUT2D eigenvalue weighted by Gasteiger charge is 2.36. The van der Waals surface area contributed by atoms with E-state index in [0.29, 0.717) is 5.96 Å². The van der Waals surface area contributed by atoms with Crippen LogP contribution in [-0.2, 0) is 0 Å². The Kier molecular flexibility index (Phi) is 6.11. The number of nitrogens with zero attached hydrogens (tertiary/aromatic N) is 3. The topological polar surface area (TPSA) is 44.9 Å². The van der Waals surface area contributed by atoms with Gasteiger partial charge in [-0.15, -0.1) is 0 Å². The molecule has 4 nitrogen and oxygen atoms in total. The zero-order valence-electron chi connectivity index (χ0n) is 13.4. The minimum Gasteiger partial charge on any atom is -0.370 e. The molecule has 0 aromatic heterocycles. The fourth-order valence-corrected chi connectivity index (χ4v) is 3.20. The summed E-state index contributed by atoms with van der Waals surface area (Å²) in [4.78, 5) is 9.18. The van der Waals surface area contributed by atoms with E-state index in [2.05, 4.69) is 44.7 Å². The predicted molar refractivity (Wildman–Crippen MR) is 83.5 cm³/mol. The maximum Gasteiger partial charge on any atom is 0.191 e. The molecule has 0 aliphatic heterocycles. The first-order chi connectivity index (χ1) is 8.95. The Balaban J connectivity index is 2.76. The van der Waals surface area contributed by atoms with E-state index in [4.69, 9.17) is 10.7 Å². The van der Waals surface area contributed by atoms with Gasteiger partial charge in [-0.1, -0.05) is 19.8 Å². The van der Waals surface area contributed by atoms with Crippen LogP contribution in [0.15, 0.2) is 4.99 Å². The molecular formula is C15H32N4. The molecule has 1 aliphatic carbocycles. The van der Waals surface area contributed by atoms with E-state index in [1.54, 1.807) is 0 Å². The molecule has 0 spiro atoms. The van der Waals surface area contributed by atoms with Crippen LogP contribution < -0.4 is 5.73 Å². The van der Waals surface area contributed by atoms with Crippen molar-refractivity contribution >= 4 is 5.96 Å². The van der Waals surface area contributed by atoms with Crippen LogP contribution in [0.2, 0.25) is 0 Å². The standard InChI is InChI=1S/C15H32N4/c1-6-19(7-2)14(16)17-12-15(18(4)5)10-8-9-13(3)11-15/h13H,6-12H2,1-5H3,(H2,16,17). The van der Waals surface area contributed by atoms with E-state index in [-0.39, 0.29) is 5.54 Å². The van der Waals surface area contributed by atoms with Gasteiger partial charge in [-0.05, 0) is 46.7 Å². The third kappa shape index (κ3) is 4.10. The summed E-state index contributed by atoms with van der Waals surface area (Å²) in [6, 6.07) is 0. The minimum atomic E-state index is 0.204. The number of hydrogen-bond donors (Lipinski definition) is 1. The molecule has 0 aromatic carbocycles. The zero-order valence-corrected chi connectivity index (χ0v) is 13.4. The van der Waals surface area contributed by atoms with Gasteiger partial charge in [0.05, 0.1) is 6.54 Å². The van der Waals surface area contributed by atoms with Gasteiger partial charge < -0.3 is 15.5 Å². The van der Waals surface area contributed by atoms with Gasteiger partial charge in [-0.2, -0.15) is 0 Å². The Labute approximate surface area is 119 Å². The SMILES string of the molecule is CCN(CC)C(N)=NCC1(N(C)C)CCCC(C)C1. The van der Waals surface area contributed by atoms with Gasteiger partial charge in [-0.3, -0.25) is 4.99 Å². The first kappa shape index (κ1) is 16.3. The number of guanidine groups is 1. The van der Waals surface area contributed by atoms with Gasteiger partial charge in [-0.25, -0.2) is 0 Å². The molecule has 0 saturated heterocycles. The van der Waals surface area contributed by atoms with Crippen molar-refractivity contribution in [2.75, 3.05) is 33.7 Å². The number of aliphatic imine (C=N–C) groups is 1. The van der Waals surface area contributed by atoms with Crippen LogP contribution in [0.4, 0.5) is 0 Å². The van der Waals surface area contributed by atoms with Crippen LogP contribution in [0.25, 0.3) is 0 Å². The van der Waals surface area contributed by atoms with E-state index in [0.717, 1.165) is 25.6 Å². The number of rotatable bonds is 5. The molecule has 112 valence electrons. The van der Waals surface area contributed by atoms with Crippen molar-refractivity contribution in [2.45, 2.75) is 52.0 Å². The third-order valence-corrected chi connectivity index (χ3v) is 4.64. The highest BCUT2D eigenvalue weighted by Crippen LogP contribution is 2.35. The van der Waals surface area contributed by atoms with Crippen molar-refractivity contribution in [3.8, 4) is 0 Å². The fourth-order valence-electron chi connectivity index (χ4n) is 3.20. The molecule has 1 rings (SSSR count). The zero-order chi connectivity index (χ0) is 14.5. The van der Waals surface area contributed by atoms with Crippen LogP contribution in [0.5, 0.6) is 0 Å². The summed E-state index contributed by atoms with van der Waals surface area (Å²) in [5.41, 5.74) is 6.31. The average molecular weight is 268 g/mol. The molecule has 1 aliphatic rings. The van der Waals surface area contributed by atoms with E-state index >= 15 is 0 Å². The summed E-state index contributed by atoms with van der Waals surface area (Å²) in [5, 5.41) is 0. The summed E-state index contributed by atoms with van der Waals surface area (Å²) in [7, 11) is 4.36. The summed E-state index contributed by atoms with van der Waals surface area (Å²) >= 11 is 0. The second-order valence-corrected chi connectivity index (χ2v) is 6.17. The molecule has 1 fully saturated rings. The van der Waals surface area contributed by atoms with Crippen molar-refractivity contribution in [1.82, 2.24) is 9.80 Å². The molecule has 0 bridgehead atoms. The summed E-state index contributed by atoms with van der Waals surface area (Å²) in [5.74, 6) is 1.49. The molecule has 4 heteroatoms. The van der Waals surface area contributed by atoms with Gasteiger partial charge in [0.2, 0.25) is 0 Å². The fraction of sp³-hybridized carbons (Fsp3) is 0.933. The Bertz CT molecular complexity index is 297. The van der Waals surface area contributed by atoms with E-state index < -0.39 is 0 Å². The van der Waals surface area contributed by atoms with Crippen molar-refractivity contribution in [1.29, 1.82) is 0 Å². The lowest BCUT2D eigenvalue weighted by Gasteiger charge is -2.44. The molecule has 2 atom stereocenters. The van der Waals surface area contributed by atoms with Crippen LogP contribution in [-0.4, -0.2) is 55.0 Å². The third-order valence-electron chi connectivity index (χ3n) is 4.64. The van der Waals surface area contributed by atoms with Crippen molar-refractivity contribution in [3.63, 3.8) is 0 Å². The lowest BCUT2D eigenvalue weighted by Crippen LogP contribution is -2.51. The molecule has 1 saturated carbocycles. The van der Waals surface area contributed by atoms with Crippen molar-refractivity contribution in [2.24, 2.45) is 16.6 Å². The molecule has 0 heterocycles. The summed E-state index contributed by atoms with van der Waals surface area (Å²) < 4.78 is 0. The summed E-state index contributed by atoms with van der Waals surface area (Å²) in [6.45, 7) is 9.28. The number of hydrogen-bond acceptors (Lipinski definition) is 2. The summed E-state index contributed by atoms with van der Waals surface area (Å²) in [6.07, 6.45) is 5.12. The van der Waals surface area contributed by atoms with Crippen molar-refractivity contribution < 1.29 is 0 Å². The van der Waals surface area contributed by atoms with E-state index in [1.165, 1.54) is 25.7 Å². The van der Waals surface area contributed by atoms with Gasteiger partial charge in [0.25, 0.3) is 0 Å². The Morgan fingerprint density at radius 3 is 2.42 bits per heavy atom. The first-order valence-corrected chi connectivity index (χ1v) is 7.67. The highest BCUT2D eigenvalue weighted by molar-refractivity contribution is 5.78. The lowest BCUT2D eigenvalue weighted by atomic mass is 9.75. The number of nitrogens with two attached hydrogens (primary N) is 1. The molecular weight excluding hydrogens is 236 g/mol. The maximum atomic E-state index is 6.11.